The lowest BCUT2D eigenvalue weighted by Crippen LogP contribution is -2.15. The van der Waals surface area contributed by atoms with Crippen LogP contribution in [0.2, 0.25) is 0 Å². The molecule has 0 amide bonds. The number of hydrogen-bond donors (Lipinski definition) is 0. The molecular weight excluding hydrogens is 645 g/mol. The zero-order chi connectivity index (χ0) is 35.3. The van der Waals surface area contributed by atoms with Gasteiger partial charge in [0, 0.05) is 49.3 Å². The van der Waals surface area contributed by atoms with E-state index in [1.165, 1.54) is 54.8 Å². The van der Waals surface area contributed by atoms with Gasteiger partial charge in [0.1, 0.15) is 0 Å². The molecule has 0 fully saturated rings. The molecule has 0 saturated heterocycles. The van der Waals surface area contributed by atoms with Gasteiger partial charge in [0.15, 0.2) is 0 Å². The van der Waals surface area contributed by atoms with Crippen LogP contribution in [0, 0.1) is 0 Å². The van der Waals surface area contributed by atoms with E-state index in [1.54, 1.807) is 0 Å². The highest BCUT2D eigenvalue weighted by Crippen LogP contribution is 2.58. The third kappa shape index (κ3) is 4.18. The van der Waals surface area contributed by atoms with Crippen molar-refractivity contribution in [3.8, 4) is 45.3 Å². The molecule has 0 bridgehead atoms. The van der Waals surface area contributed by atoms with Gasteiger partial charge in [0.25, 0.3) is 0 Å². The molecular formula is C49H34N4. The molecule has 53 heavy (non-hydrogen) atoms. The van der Waals surface area contributed by atoms with Crippen molar-refractivity contribution in [3.05, 3.63) is 181 Å². The Morgan fingerprint density at radius 2 is 0.981 bits per heavy atom. The normalized spacial score (nSPS) is 13.2. The minimum atomic E-state index is -0.271. The summed E-state index contributed by atoms with van der Waals surface area (Å²) >= 11 is 0. The maximum Gasteiger partial charge on any atom is 0.235 e. The fraction of sp³-hybridized carbons (Fsp3) is 0.0612. The molecule has 0 spiro atoms. The van der Waals surface area contributed by atoms with E-state index in [0.717, 1.165) is 39.2 Å². The standard InChI is InChI=1S/C49H34N4/c1-49(2)37-27-15-12-24-34(37)42-45(49)43-35-25-13-16-28-40(35)52(33-22-10-5-11-23-33)46(43)44-36-26-14-17-29-41(36)53(47(42)44)48-50-38(31-18-6-3-7-19-31)30-39(51-48)32-20-8-4-9-21-32/h3-30H,1-2H3. The number of aromatic nitrogens is 4. The molecule has 0 aliphatic heterocycles. The molecule has 10 aromatic rings. The largest absolute Gasteiger partial charge is 0.309 e. The molecule has 1 aliphatic rings. The fourth-order valence-electron chi connectivity index (χ4n) is 9.06. The zero-order valence-electron chi connectivity index (χ0n) is 29.5. The number of fused-ring (bicyclic) bond motifs is 12. The van der Waals surface area contributed by atoms with Gasteiger partial charge in [-0.05, 0) is 47.0 Å². The smallest absolute Gasteiger partial charge is 0.235 e. The molecule has 0 atom stereocenters. The average molecular weight is 679 g/mol. The molecule has 4 nitrogen and oxygen atoms in total. The Morgan fingerprint density at radius 3 is 1.62 bits per heavy atom. The van der Waals surface area contributed by atoms with E-state index < -0.39 is 0 Å². The third-order valence-corrected chi connectivity index (χ3v) is 11.3. The average Bonchev–Trinajstić information content (AvgIpc) is 3.82. The first-order valence-corrected chi connectivity index (χ1v) is 18.3. The van der Waals surface area contributed by atoms with Crippen molar-refractivity contribution < 1.29 is 0 Å². The van der Waals surface area contributed by atoms with Crippen LogP contribution in [0.4, 0.5) is 0 Å². The second-order valence-electron chi connectivity index (χ2n) is 14.6. The molecule has 250 valence electrons. The van der Waals surface area contributed by atoms with Gasteiger partial charge in [-0.25, -0.2) is 9.97 Å². The first kappa shape index (κ1) is 29.9. The van der Waals surface area contributed by atoms with Crippen LogP contribution in [0.25, 0.3) is 88.9 Å². The maximum absolute atomic E-state index is 5.44. The molecule has 4 heteroatoms. The van der Waals surface area contributed by atoms with E-state index in [4.69, 9.17) is 9.97 Å². The third-order valence-electron chi connectivity index (χ3n) is 11.3. The Labute approximate surface area is 307 Å². The van der Waals surface area contributed by atoms with Crippen molar-refractivity contribution in [1.29, 1.82) is 0 Å². The highest BCUT2D eigenvalue weighted by atomic mass is 15.2. The topological polar surface area (TPSA) is 35.6 Å². The first-order valence-electron chi connectivity index (χ1n) is 18.3. The summed E-state index contributed by atoms with van der Waals surface area (Å²) in [5, 5.41) is 4.94. The lowest BCUT2D eigenvalue weighted by atomic mass is 9.80. The predicted molar refractivity (Wildman–Crippen MR) is 219 cm³/mol. The van der Waals surface area contributed by atoms with Gasteiger partial charge in [-0.2, -0.15) is 0 Å². The van der Waals surface area contributed by atoms with Crippen LogP contribution in [0.1, 0.15) is 25.0 Å². The van der Waals surface area contributed by atoms with Gasteiger partial charge >= 0.3 is 0 Å². The second kappa shape index (κ2) is 11.1. The van der Waals surface area contributed by atoms with Crippen LogP contribution in [0.5, 0.6) is 0 Å². The van der Waals surface area contributed by atoms with Gasteiger partial charge in [-0.3, -0.25) is 4.57 Å². The van der Waals surface area contributed by atoms with E-state index in [2.05, 4.69) is 193 Å². The minimum Gasteiger partial charge on any atom is -0.309 e. The predicted octanol–water partition coefficient (Wildman–Crippen LogP) is 12.3. The van der Waals surface area contributed by atoms with Gasteiger partial charge in [-0.15, -0.1) is 0 Å². The van der Waals surface area contributed by atoms with Crippen molar-refractivity contribution >= 4 is 43.6 Å². The van der Waals surface area contributed by atoms with E-state index in [9.17, 15) is 0 Å². The number of para-hydroxylation sites is 3. The van der Waals surface area contributed by atoms with Crippen molar-refractivity contribution in [1.82, 2.24) is 19.1 Å². The summed E-state index contributed by atoms with van der Waals surface area (Å²) in [6.45, 7) is 4.79. The Kier molecular flexibility index (Phi) is 6.27. The van der Waals surface area contributed by atoms with Gasteiger partial charge < -0.3 is 4.57 Å². The number of rotatable bonds is 4. The Balaban J connectivity index is 1.41. The molecule has 7 aromatic carbocycles. The summed E-state index contributed by atoms with van der Waals surface area (Å²) in [4.78, 5) is 10.9. The van der Waals surface area contributed by atoms with E-state index in [0.29, 0.717) is 5.95 Å². The van der Waals surface area contributed by atoms with E-state index in [-0.39, 0.29) is 5.41 Å². The van der Waals surface area contributed by atoms with E-state index >= 15 is 0 Å². The molecule has 0 saturated carbocycles. The minimum absolute atomic E-state index is 0.271. The summed E-state index contributed by atoms with van der Waals surface area (Å²) in [7, 11) is 0. The number of nitrogens with zero attached hydrogens (tertiary/aromatic N) is 4. The summed E-state index contributed by atoms with van der Waals surface area (Å²) in [6, 6.07) is 60.6. The van der Waals surface area contributed by atoms with Crippen LogP contribution in [-0.2, 0) is 5.41 Å². The second-order valence-corrected chi connectivity index (χ2v) is 14.6. The lowest BCUT2D eigenvalue weighted by Gasteiger charge is -2.23. The van der Waals surface area contributed by atoms with Gasteiger partial charge in [0.05, 0.1) is 33.5 Å². The Morgan fingerprint density at radius 1 is 0.472 bits per heavy atom. The lowest BCUT2D eigenvalue weighted by molar-refractivity contribution is 0.667. The summed E-state index contributed by atoms with van der Waals surface area (Å²) in [6.07, 6.45) is 0. The molecule has 3 heterocycles. The maximum atomic E-state index is 5.44. The summed E-state index contributed by atoms with van der Waals surface area (Å²) in [5.41, 5.74) is 14.6. The van der Waals surface area contributed by atoms with Crippen molar-refractivity contribution in [2.24, 2.45) is 0 Å². The SMILES string of the molecule is CC1(C)c2ccccc2-c2c1c1c3ccccc3n(-c3ccccc3)c1c1c3ccccc3n(-c3nc(-c4ccccc4)cc(-c4ccccc4)n3)c21. The zero-order valence-corrected chi connectivity index (χ0v) is 29.5. The molecule has 3 aromatic heterocycles. The molecule has 0 radical (unpaired) electrons. The van der Waals surface area contributed by atoms with E-state index in [1.807, 2.05) is 0 Å². The monoisotopic (exact) mass is 678 g/mol. The number of benzene rings is 7. The van der Waals surface area contributed by atoms with Crippen molar-refractivity contribution in [2.75, 3.05) is 0 Å². The molecule has 1 aliphatic carbocycles. The Bertz CT molecular complexity index is 3000. The molecule has 0 unspecified atom stereocenters. The number of hydrogen-bond acceptors (Lipinski definition) is 2. The van der Waals surface area contributed by atoms with Crippen molar-refractivity contribution in [3.63, 3.8) is 0 Å². The Hall–Kier alpha value is -6.78. The molecule has 0 N–H and O–H groups in total. The first-order chi connectivity index (χ1) is 26.1. The highest BCUT2D eigenvalue weighted by Gasteiger charge is 2.41. The summed E-state index contributed by atoms with van der Waals surface area (Å²) in [5.74, 6) is 0.655. The van der Waals surface area contributed by atoms with Crippen LogP contribution >= 0.6 is 0 Å². The highest BCUT2D eigenvalue weighted by molar-refractivity contribution is 6.31. The summed E-state index contributed by atoms with van der Waals surface area (Å²) < 4.78 is 4.84. The van der Waals surface area contributed by atoms with Crippen molar-refractivity contribution in [2.45, 2.75) is 19.3 Å². The molecule has 11 rings (SSSR count). The van der Waals surface area contributed by atoms with Crippen LogP contribution in [0.15, 0.2) is 170 Å². The fourth-order valence-corrected chi connectivity index (χ4v) is 9.06. The van der Waals surface area contributed by atoms with Crippen LogP contribution in [-0.4, -0.2) is 19.1 Å². The van der Waals surface area contributed by atoms with Crippen LogP contribution in [0.3, 0.4) is 0 Å². The quantitative estimate of drug-likeness (QED) is 0.186. The van der Waals surface area contributed by atoms with Gasteiger partial charge in [-0.1, -0.05) is 153 Å². The van der Waals surface area contributed by atoms with Gasteiger partial charge in [0.2, 0.25) is 5.95 Å². The van der Waals surface area contributed by atoms with Crippen LogP contribution < -0.4 is 0 Å².